The molecule has 1 N–H and O–H groups in total. The van der Waals surface area contributed by atoms with Crippen LogP contribution < -0.4 is 10.1 Å². The Morgan fingerprint density at radius 3 is 2.61 bits per heavy atom. The molecule has 0 aliphatic rings. The molecule has 0 radical (unpaired) electrons. The van der Waals surface area contributed by atoms with Gasteiger partial charge in [0, 0.05) is 4.88 Å². The number of rotatable bonds is 4. The zero-order valence-corrected chi connectivity index (χ0v) is 11.8. The number of nitrogens with zero attached hydrogens (tertiary/aromatic N) is 2. The van der Waals surface area contributed by atoms with Gasteiger partial charge >= 0.3 is 0 Å². The van der Waals surface area contributed by atoms with Crippen LogP contribution >= 0.6 is 11.3 Å². The first-order valence-corrected chi connectivity index (χ1v) is 6.62. The molecule has 2 aromatic heterocycles. The number of pyridine rings is 1. The third kappa shape index (κ3) is 2.79. The van der Waals surface area contributed by atoms with Gasteiger partial charge in [-0.25, -0.2) is 9.97 Å². The molecule has 0 saturated carbocycles. The molecule has 4 nitrogen and oxygen atoms in total. The Morgan fingerprint density at radius 2 is 2.11 bits per heavy atom. The van der Waals surface area contributed by atoms with Crippen molar-refractivity contribution in [2.75, 3.05) is 12.4 Å². The highest BCUT2D eigenvalue weighted by molar-refractivity contribution is 7.11. The van der Waals surface area contributed by atoms with Crippen LogP contribution in [0.15, 0.2) is 18.3 Å². The first-order chi connectivity index (χ1) is 8.60. The van der Waals surface area contributed by atoms with Gasteiger partial charge in [-0.1, -0.05) is 0 Å². The minimum absolute atomic E-state index is 0.206. The predicted octanol–water partition coefficient (Wildman–Crippen LogP) is 3.34. The van der Waals surface area contributed by atoms with E-state index in [0.717, 1.165) is 22.3 Å². The van der Waals surface area contributed by atoms with Gasteiger partial charge in [0.25, 0.3) is 0 Å². The molecule has 96 valence electrons. The van der Waals surface area contributed by atoms with Crippen LogP contribution in [0.1, 0.15) is 28.5 Å². The van der Waals surface area contributed by atoms with Gasteiger partial charge in [0.1, 0.15) is 11.6 Å². The van der Waals surface area contributed by atoms with E-state index < -0.39 is 0 Å². The average Bonchev–Trinajstić information content (AvgIpc) is 2.69. The number of methoxy groups -OCH3 is 1. The summed E-state index contributed by atoms with van der Waals surface area (Å²) in [5.74, 6) is 1.60. The smallest absolute Gasteiger partial charge is 0.137 e. The highest BCUT2D eigenvalue weighted by Gasteiger charge is 2.13. The first-order valence-electron chi connectivity index (χ1n) is 5.80. The Kier molecular flexibility index (Phi) is 3.81. The molecular formula is C13H17N3OS. The van der Waals surface area contributed by atoms with Gasteiger partial charge in [-0.15, -0.1) is 11.3 Å². The Balaban J connectivity index is 2.10. The summed E-state index contributed by atoms with van der Waals surface area (Å²) in [6.45, 7) is 6.18. The van der Waals surface area contributed by atoms with Gasteiger partial charge < -0.3 is 10.1 Å². The maximum atomic E-state index is 5.08. The molecule has 0 spiro atoms. The van der Waals surface area contributed by atoms with Crippen molar-refractivity contribution in [2.24, 2.45) is 0 Å². The van der Waals surface area contributed by atoms with Gasteiger partial charge in [0.05, 0.1) is 30.1 Å². The van der Waals surface area contributed by atoms with Crippen molar-refractivity contribution >= 4 is 17.2 Å². The largest absolute Gasteiger partial charge is 0.495 e. The van der Waals surface area contributed by atoms with E-state index in [2.05, 4.69) is 22.2 Å². The van der Waals surface area contributed by atoms with E-state index in [1.807, 2.05) is 26.0 Å². The van der Waals surface area contributed by atoms with Crippen LogP contribution in [-0.2, 0) is 0 Å². The summed E-state index contributed by atoms with van der Waals surface area (Å²) in [5, 5.41) is 4.46. The molecule has 1 atom stereocenters. The number of ether oxygens (including phenoxy) is 1. The number of nitrogens with one attached hydrogen (secondary N) is 1. The Bertz CT molecular complexity index is 522. The van der Waals surface area contributed by atoms with Crippen molar-refractivity contribution in [2.45, 2.75) is 26.8 Å². The summed E-state index contributed by atoms with van der Waals surface area (Å²) < 4.78 is 5.08. The molecule has 0 aliphatic heterocycles. The lowest BCUT2D eigenvalue weighted by Crippen LogP contribution is -2.07. The van der Waals surface area contributed by atoms with Gasteiger partial charge in [-0.05, 0) is 32.9 Å². The average molecular weight is 263 g/mol. The zero-order valence-electron chi connectivity index (χ0n) is 11.0. The topological polar surface area (TPSA) is 47.0 Å². The number of aromatic nitrogens is 2. The van der Waals surface area contributed by atoms with Crippen LogP contribution in [0.3, 0.4) is 0 Å². The summed E-state index contributed by atoms with van der Waals surface area (Å²) in [4.78, 5) is 9.99. The minimum atomic E-state index is 0.206. The monoisotopic (exact) mass is 263 g/mol. The lowest BCUT2D eigenvalue weighted by Gasteiger charge is -2.13. The quantitative estimate of drug-likeness (QED) is 0.919. The van der Waals surface area contributed by atoms with Crippen molar-refractivity contribution in [3.8, 4) is 5.75 Å². The summed E-state index contributed by atoms with van der Waals surface area (Å²) in [6.07, 6.45) is 1.71. The normalized spacial score (nSPS) is 12.2. The van der Waals surface area contributed by atoms with Gasteiger partial charge in [0.2, 0.25) is 0 Å². The summed E-state index contributed by atoms with van der Waals surface area (Å²) in [5.41, 5.74) is 1.09. The van der Waals surface area contributed by atoms with Crippen molar-refractivity contribution in [3.05, 3.63) is 33.9 Å². The molecule has 2 rings (SSSR count). The van der Waals surface area contributed by atoms with Gasteiger partial charge in [-0.3, -0.25) is 0 Å². The number of anilines is 1. The highest BCUT2D eigenvalue weighted by atomic mass is 32.1. The van der Waals surface area contributed by atoms with Crippen LogP contribution in [0.5, 0.6) is 5.75 Å². The molecule has 0 fully saturated rings. The van der Waals surface area contributed by atoms with Crippen LogP contribution in [0.2, 0.25) is 0 Å². The third-order valence-corrected chi connectivity index (χ3v) is 3.92. The Morgan fingerprint density at radius 1 is 1.33 bits per heavy atom. The highest BCUT2D eigenvalue weighted by Crippen LogP contribution is 2.27. The first kappa shape index (κ1) is 12.8. The molecule has 5 heteroatoms. The maximum Gasteiger partial charge on any atom is 0.137 e. The zero-order chi connectivity index (χ0) is 13.1. The summed E-state index contributed by atoms with van der Waals surface area (Å²) in [7, 11) is 1.64. The van der Waals surface area contributed by atoms with Crippen LogP contribution in [0.25, 0.3) is 0 Å². The molecule has 0 aromatic carbocycles. The van der Waals surface area contributed by atoms with E-state index in [1.165, 1.54) is 4.88 Å². The third-order valence-electron chi connectivity index (χ3n) is 2.67. The standard InChI is InChI=1S/C13H17N3OS/c1-8-13(18-10(3)15-8)9(2)16-12-6-5-11(17-4)7-14-12/h5-7,9H,1-4H3,(H,14,16). The van der Waals surface area contributed by atoms with E-state index >= 15 is 0 Å². The second kappa shape index (κ2) is 5.35. The Labute approximate surface area is 111 Å². The molecule has 18 heavy (non-hydrogen) atoms. The fourth-order valence-electron chi connectivity index (χ4n) is 1.82. The number of thiazole rings is 1. The van der Waals surface area contributed by atoms with Gasteiger partial charge in [0.15, 0.2) is 0 Å². The van der Waals surface area contributed by atoms with Crippen molar-refractivity contribution in [1.82, 2.24) is 9.97 Å². The molecule has 1 unspecified atom stereocenters. The van der Waals surface area contributed by atoms with Crippen LogP contribution in [0.4, 0.5) is 5.82 Å². The molecule has 2 heterocycles. The molecule has 0 aliphatic carbocycles. The fourth-order valence-corrected chi connectivity index (χ4v) is 2.75. The minimum Gasteiger partial charge on any atom is -0.495 e. The SMILES string of the molecule is COc1ccc(NC(C)c2sc(C)nc2C)nc1. The van der Waals surface area contributed by atoms with Gasteiger partial charge in [-0.2, -0.15) is 0 Å². The summed E-state index contributed by atoms with van der Waals surface area (Å²) >= 11 is 1.72. The molecule has 2 aromatic rings. The lowest BCUT2D eigenvalue weighted by atomic mass is 10.2. The number of aryl methyl sites for hydroxylation is 2. The van der Waals surface area contributed by atoms with E-state index in [0.29, 0.717) is 0 Å². The molecule has 0 saturated heterocycles. The molecular weight excluding hydrogens is 246 g/mol. The number of hydrogen-bond donors (Lipinski definition) is 1. The van der Waals surface area contributed by atoms with Crippen molar-refractivity contribution in [3.63, 3.8) is 0 Å². The maximum absolute atomic E-state index is 5.08. The van der Waals surface area contributed by atoms with Crippen LogP contribution in [-0.4, -0.2) is 17.1 Å². The second-order valence-corrected chi connectivity index (χ2v) is 5.37. The second-order valence-electron chi connectivity index (χ2n) is 4.13. The van der Waals surface area contributed by atoms with Crippen LogP contribution in [0, 0.1) is 13.8 Å². The molecule has 0 bridgehead atoms. The van der Waals surface area contributed by atoms with E-state index in [1.54, 1.807) is 24.6 Å². The number of hydrogen-bond acceptors (Lipinski definition) is 5. The fraction of sp³-hybridized carbons (Fsp3) is 0.385. The Hall–Kier alpha value is -1.62. The van der Waals surface area contributed by atoms with E-state index in [-0.39, 0.29) is 6.04 Å². The van der Waals surface area contributed by atoms with E-state index in [4.69, 9.17) is 4.74 Å². The van der Waals surface area contributed by atoms with Crippen molar-refractivity contribution < 1.29 is 4.74 Å². The molecule has 0 amide bonds. The summed E-state index contributed by atoms with van der Waals surface area (Å²) in [6, 6.07) is 4.02. The lowest BCUT2D eigenvalue weighted by molar-refractivity contribution is 0.413. The predicted molar refractivity (Wildman–Crippen MR) is 74.4 cm³/mol. The van der Waals surface area contributed by atoms with E-state index in [9.17, 15) is 0 Å². The van der Waals surface area contributed by atoms with Crippen molar-refractivity contribution in [1.29, 1.82) is 0 Å².